The third kappa shape index (κ3) is 6.03. The number of ether oxygens (including phenoxy) is 2. The number of hydrogen-bond acceptors (Lipinski definition) is 4. The van der Waals surface area contributed by atoms with E-state index in [1.807, 2.05) is 0 Å². The van der Waals surface area contributed by atoms with E-state index in [-0.39, 0.29) is 18.1 Å². The zero-order valence-corrected chi connectivity index (χ0v) is 11.2. The zero-order valence-electron chi connectivity index (χ0n) is 11.2. The zero-order chi connectivity index (χ0) is 12.7. The second-order valence-corrected chi connectivity index (χ2v) is 4.78. The Kier molecular flexibility index (Phi) is 6.52. The van der Waals surface area contributed by atoms with Crippen molar-refractivity contribution in [2.75, 3.05) is 13.7 Å². The Bertz CT molecular complexity index is 229. The van der Waals surface area contributed by atoms with Crippen LogP contribution in [0.3, 0.4) is 0 Å². The summed E-state index contributed by atoms with van der Waals surface area (Å²) in [7, 11) is 1.43. The highest BCUT2D eigenvalue weighted by Gasteiger charge is 2.28. The van der Waals surface area contributed by atoms with E-state index >= 15 is 0 Å². The van der Waals surface area contributed by atoms with Gasteiger partial charge in [0.25, 0.3) is 0 Å². The molecule has 17 heavy (non-hydrogen) atoms. The molecule has 0 heterocycles. The molecule has 0 amide bonds. The minimum absolute atomic E-state index is 0.177. The summed E-state index contributed by atoms with van der Waals surface area (Å²) in [6.45, 7) is 4.83. The molecule has 2 atom stereocenters. The Morgan fingerprint density at radius 3 is 2.65 bits per heavy atom. The topological polar surface area (TPSA) is 47.6 Å². The average Bonchev–Trinajstić information content (AvgIpc) is 3.11. The lowest BCUT2D eigenvalue weighted by atomic mass is 10.2. The number of methoxy groups -OCH3 is 1. The van der Waals surface area contributed by atoms with Gasteiger partial charge in [0.05, 0.1) is 13.2 Å². The van der Waals surface area contributed by atoms with Crippen LogP contribution in [0.2, 0.25) is 0 Å². The first-order valence-corrected chi connectivity index (χ1v) is 6.62. The molecule has 1 N–H and O–H groups in total. The summed E-state index contributed by atoms with van der Waals surface area (Å²) in [5.41, 5.74) is 0. The molecule has 1 aliphatic carbocycles. The second kappa shape index (κ2) is 7.67. The molecule has 0 aromatic carbocycles. The Labute approximate surface area is 104 Å². The van der Waals surface area contributed by atoms with Gasteiger partial charge in [-0.15, -0.1) is 0 Å². The molecule has 0 aliphatic heterocycles. The van der Waals surface area contributed by atoms with Crippen LogP contribution in [-0.2, 0) is 14.3 Å². The molecule has 1 saturated carbocycles. The van der Waals surface area contributed by atoms with Crippen molar-refractivity contribution in [2.24, 2.45) is 0 Å². The quantitative estimate of drug-likeness (QED) is 0.628. The van der Waals surface area contributed by atoms with Crippen LogP contribution in [0.5, 0.6) is 0 Å². The Morgan fingerprint density at radius 1 is 1.41 bits per heavy atom. The van der Waals surface area contributed by atoms with Crippen molar-refractivity contribution >= 4 is 5.97 Å². The molecule has 4 heteroatoms. The summed E-state index contributed by atoms with van der Waals surface area (Å²) in [4.78, 5) is 11.5. The van der Waals surface area contributed by atoms with Crippen molar-refractivity contribution in [2.45, 2.75) is 64.1 Å². The van der Waals surface area contributed by atoms with E-state index in [1.165, 1.54) is 20.0 Å². The summed E-state index contributed by atoms with van der Waals surface area (Å²) in [5.74, 6) is -0.177. The Morgan fingerprint density at radius 2 is 2.12 bits per heavy atom. The molecular formula is C13H25NO3. The number of rotatable bonds is 9. The van der Waals surface area contributed by atoms with Gasteiger partial charge in [0.2, 0.25) is 0 Å². The lowest BCUT2D eigenvalue weighted by Gasteiger charge is -2.18. The van der Waals surface area contributed by atoms with Gasteiger partial charge in [0.15, 0.2) is 0 Å². The normalized spacial score (nSPS) is 18.8. The monoisotopic (exact) mass is 243 g/mol. The molecule has 0 bridgehead atoms. The van der Waals surface area contributed by atoms with Crippen LogP contribution < -0.4 is 5.32 Å². The standard InChI is InChI=1S/C13H25NO3/c1-4-5-10(2)17-9-8-12(13(15)16-3)14-11-6-7-11/h10-12,14H,4-9H2,1-3H3. The maximum Gasteiger partial charge on any atom is 0.322 e. The average molecular weight is 243 g/mol. The van der Waals surface area contributed by atoms with Crippen molar-refractivity contribution in [3.05, 3.63) is 0 Å². The predicted octanol–water partition coefficient (Wildman–Crippen LogP) is 1.88. The summed E-state index contributed by atoms with van der Waals surface area (Å²) in [6.07, 6.45) is 5.50. The fourth-order valence-electron chi connectivity index (χ4n) is 1.82. The molecule has 0 radical (unpaired) electrons. The van der Waals surface area contributed by atoms with Crippen molar-refractivity contribution in [1.29, 1.82) is 0 Å². The molecule has 100 valence electrons. The molecule has 1 rings (SSSR count). The van der Waals surface area contributed by atoms with Gasteiger partial charge in [-0.05, 0) is 32.6 Å². The van der Waals surface area contributed by atoms with E-state index in [0.717, 1.165) is 12.8 Å². The highest BCUT2D eigenvalue weighted by molar-refractivity contribution is 5.75. The lowest BCUT2D eigenvalue weighted by molar-refractivity contribution is -0.143. The van der Waals surface area contributed by atoms with Crippen LogP contribution in [0.25, 0.3) is 0 Å². The molecular weight excluding hydrogens is 218 g/mol. The first kappa shape index (κ1) is 14.5. The number of carbonyl (C=O) groups excluding carboxylic acids is 1. The minimum atomic E-state index is -0.207. The first-order chi connectivity index (χ1) is 8.17. The van der Waals surface area contributed by atoms with E-state index in [2.05, 4.69) is 19.2 Å². The van der Waals surface area contributed by atoms with Gasteiger partial charge in [-0.25, -0.2) is 0 Å². The smallest absolute Gasteiger partial charge is 0.322 e. The van der Waals surface area contributed by atoms with Crippen LogP contribution in [0.4, 0.5) is 0 Å². The van der Waals surface area contributed by atoms with Crippen molar-refractivity contribution in [3.8, 4) is 0 Å². The fraction of sp³-hybridized carbons (Fsp3) is 0.923. The van der Waals surface area contributed by atoms with Crippen molar-refractivity contribution in [1.82, 2.24) is 5.32 Å². The lowest BCUT2D eigenvalue weighted by Crippen LogP contribution is -2.40. The predicted molar refractivity (Wildman–Crippen MR) is 66.9 cm³/mol. The highest BCUT2D eigenvalue weighted by atomic mass is 16.5. The van der Waals surface area contributed by atoms with Gasteiger partial charge < -0.3 is 14.8 Å². The van der Waals surface area contributed by atoms with Crippen LogP contribution in [0.1, 0.15) is 46.0 Å². The van der Waals surface area contributed by atoms with Gasteiger partial charge in [0.1, 0.15) is 6.04 Å². The van der Waals surface area contributed by atoms with E-state index in [4.69, 9.17) is 9.47 Å². The molecule has 1 aliphatic rings. The number of esters is 1. The van der Waals surface area contributed by atoms with Gasteiger partial charge in [-0.3, -0.25) is 4.79 Å². The fourth-order valence-corrected chi connectivity index (χ4v) is 1.82. The SMILES string of the molecule is CCCC(C)OCCC(NC1CC1)C(=O)OC. The summed E-state index contributed by atoms with van der Waals surface area (Å²) in [6, 6.07) is 0.300. The molecule has 4 nitrogen and oxygen atoms in total. The third-order valence-electron chi connectivity index (χ3n) is 3.00. The van der Waals surface area contributed by atoms with E-state index in [9.17, 15) is 4.79 Å². The number of carbonyl (C=O) groups is 1. The van der Waals surface area contributed by atoms with Crippen LogP contribution in [0, 0.1) is 0 Å². The van der Waals surface area contributed by atoms with E-state index in [1.54, 1.807) is 0 Å². The second-order valence-electron chi connectivity index (χ2n) is 4.78. The molecule has 0 aromatic rings. The maximum atomic E-state index is 11.5. The van der Waals surface area contributed by atoms with Gasteiger partial charge in [0, 0.05) is 12.6 Å². The highest BCUT2D eigenvalue weighted by Crippen LogP contribution is 2.20. The van der Waals surface area contributed by atoms with Crippen LogP contribution in [0.15, 0.2) is 0 Å². The van der Waals surface area contributed by atoms with Gasteiger partial charge in [-0.1, -0.05) is 13.3 Å². The molecule has 1 fully saturated rings. The van der Waals surface area contributed by atoms with E-state index < -0.39 is 0 Å². The molecule has 2 unspecified atom stereocenters. The van der Waals surface area contributed by atoms with Crippen LogP contribution in [-0.4, -0.2) is 37.9 Å². The maximum absolute atomic E-state index is 11.5. The molecule has 0 aromatic heterocycles. The van der Waals surface area contributed by atoms with Crippen LogP contribution >= 0.6 is 0 Å². The van der Waals surface area contributed by atoms with Crippen molar-refractivity contribution in [3.63, 3.8) is 0 Å². The number of nitrogens with one attached hydrogen (secondary N) is 1. The number of hydrogen-bond donors (Lipinski definition) is 1. The first-order valence-electron chi connectivity index (χ1n) is 6.62. The molecule has 0 spiro atoms. The van der Waals surface area contributed by atoms with Gasteiger partial charge in [-0.2, -0.15) is 0 Å². The third-order valence-corrected chi connectivity index (χ3v) is 3.00. The van der Waals surface area contributed by atoms with Gasteiger partial charge >= 0.3 is 5.97 Å². The molecule has 0 saturated heterocycles. The van der Waals surface area contributed by atoms with Crippen molar-refractivity contribution < 1.29 is 14.3 Å². The van der Waals surface area contributed by atoms with E-state index in [0.29, 0.717) is 19.1 Å². The summed E-state index contributed by atoms with van der Waals surface area (Å²) in [5, 5.41) is 3.29. The summed E-state index contributed by atoms with van der Waals surface area (Å²) >= 11 is 0. The minimum Gasteiger partial charge on any atom is -0.468 e. The Hall–Kier alpha value is -0.610. The Balaban J connectivity index is 2.20. The largest absolute Gasteiger partial charge is 0.468 e. The summed E-state index contributed by atoms with van der Waals surface area (Å²) < 4.78 is 10.5.